The van der Waals surface area contributed by atoms with Gasteiger partial charge in [0.25, 0.3) is 0 Å². The summed E-state index contributed by atoms with van der Waals surface area (Å²) in [4.78, 5) is 8.49. The molecule has 0 spiro atoms. The molecule has 1 rings (SSSR count). The van der Waals surface area contributed by atoms with E-state index in [9.17, 15) is 0 Å². The van der Waals surface area contributed by atoms with Crippen LogP contribution in [-0.2, 0) is 0 Å². The number of nitrogens with zero attached hydrogens (tertiary/aromatic N) is 2. The van der Waals surface area contributed by atoms with E-state index in [2.05, 4.69) is 22.2 Å². The number of aliphatic imine (C=N–C) groups is 2. The van der Waals surface area contributed by atoms with Gasteiger partial charge in [-0.05, 0) is 13.0 Å². The fourth-order valence-electron chi connectivity index (χ4n) is 1.08. The molecule has 0 unspecified atom stereocenters. The Morgan fingerprint density at radius 2 is 2.42 bits per heavy atom. The van der Waals surface area contributed by atoms with Gasteiger partial charge >= 0.3 is 0 Å². The van der Waals surface area contributed by atoms with Crippen molar-refractivity contribution in [3.63, 3.8) is 0 Å². The maximum atomic E-state index is 4.33. The van der Waals surface area contributed by atoms with Crippen LogP contribution in [-0.4, -0.2) is 38.1 Å². The second kappa shape index (κ2) is 5.89. The van der Waals surface area contributed by atoms with E-state index in [4.69, 9.17) is 0 Å². The molecule has 1 N–H and O–H groups in total. The van der Waals surface area contributed by atoms with Crippen LogP contribution in [0.3, 0.4) is 0 Å². The van der Waals surface area contributed by atoms with E-state index in [1.807, 2.05) is 6.21 Å². The molecule has 0 amide bonds. The van der Waals surface area contributed by atoms with Crippen LogP contribution >= 0.6 is 0 Å². The molecule has 68 valence electrons. The van der Waals surface area contributed by atoms with Crippen molar-refractivity contribution < 1.29 is 0 Å². The summed E-state index contributed by atoms with van der Waals surface area (Å²) in [7, 11) is 0. The fourth-order valence-corrected chi connectivity index (χ4v) is 1.08. The SMILES string of the molecule is CCCCNCC1=NCCN=C1. The van der Waals surface area contributed by atoms with Crippen molar-refractivity contribution in [2.24, 2.45) is 9.98 Å². The van der Waals surface area contributed by atoms with E-state index >= 15 is 0 Å². The summed E-state index contributed by atoms with van der Waals surface area (Å²) >= 11 is 0. The minimum Gasteiger partial charge on any atom is -0.311 e. The Hall–Kier alpha value is -0.700. The van der Waals surface area contributed by atoms with Crippen LogP contribution in [0.4, 0.5) is 0 Å². The zero-order chi connectivity index (χ0) is 8.65. The molecule has 0 radical (unpaired) electrons. The molecule has 0 aliphatic carbocycles. The highest BCUT2D eigenvalue weighted by atomic mass is 14.9. The monoisotopic (exact) mass is 167 g/mol. The lowest BCUT2D eigenvalue weighted by atomic mass is 10.3. The normalized spacial score (nSPS) is 16.2. The van der Waals surface area contributed by atoms with Gasteiger partial charge in [-0.1, -0.05) is 13.3 Å². The van der Waals surface area contributed by atoms with Gasteiger partial charge in [0, 0.05) is 12.8 Å². The Kier molecular flexibility index (Phi) is 4.61. The highest BCUT2D eigenvalue weighted by molar-refractivity contribution is 6.31. The smallest absolute Gasteiger partial charge is 0.0665 e. The van der Waals surface area contributed by atoms with Gasteiger partial charge in [-0.3, -0.25) is 9.98 Å². The molecule has 0 aromatic heterocycles. The molecule has 0 aromatic rings. The zero-order valence-corrected chi connectivity index (χ0v) is 7.71. The van der Waals surface area contributed by atoms with E-state index in [1.165, 1.54) is 12.8 Å². The minimum atomic E-state index is 0.860. The minimum absolute atomic E-state index is 0.860. The Morgan fingerprint density at radius 1 is 1.50 bits per heavy atom. The second-order valence-corrected chi connectivity index (χ2v) is 2.94. The molecule has 3 heteroatoms. The lowest BCUT2D eigenvalue weighted by Gasteiger charge is -2.06. The van der Waals surface area contributed by atoms with Gasteiger partial charge in [0.1, 0.15) is 0 Å². The molecule has 1 heterocycles. The Labute approximate surface area is 74.0 Å². The van der Waals surface area contributed by atoms with Crippen molar-refractivity contribution >= 4 is 11.9 Å². The third kappa shape index (κ3) is 3.62. The molecular weight excluding hydrogens is 150 g/mol. The van der Waals surface area contributed by atoms with E-state index < -0.39 is 0 Å². The van der Waals surface area contributed by atoms with Crippen molar-refractivity contribution in [2.45, 2.75) is 19.8 Å². The summed E-state index contributed by atoms with van der Waals surface area (Å²) in [5.74, 6) is 0. The number of hydrogen-bond acceptors (Lipinski definition) is 3. The van der Waals surface area contributed by atoms with Crippen molar-refractivity contribution in [1.29, 1.82) is 0 Å². The molecule has 0 saturated carbocycles. The predicted octanol–water partition coefficient (Wildman–Crippen LogP) is 0.901. The van der Waals surface area contributed by atoms with Gasteiger partial charge < -0.3 is 5.32 Å². The third-order valence-corrected chi connectivity index (χ3v) is 1.80. The van der Waals surface area contributed by atoms with E-state index in [-0.39, 0.29) is 0 Å². The Bertz CT molecular complexity index is 173. The molecule has 0 atom stereocenters. The standard InChI is InChI=1S/C9H17N3/c1-2-3-4-10-7-9-8-11-5-6-12-9/h8,10H,2-7H2,1H3. The molecule has 0 bridgehead atoms. The highest BCUT2D eigenvalue weighted by Crippen LogP contribution is 1.86. The second-order valence-electron chi connectivity index (χ2n) is 2.94. The van der Waals surface area contributed by atoms with Gasteiger partial charge in [-0.2, -0.15) is 0 Å². The summed E-state index contributed by atoms with van der Waals surface area (Å²) in [6.45, 7) is 5.88. The lowest BCUT2D eigenvalue weighted by Crippen LogP contribution is -2.26. The average molecular weight is 167 g/mol. The topological polar surface area (TPSA) is 36.8 Å². The lowest BCUT2D eigenvalue weighted by molar-refractivity contribution is 0.690. The van der Waals surface area contributed by atoms with E-state index in [1.54, 1.807) is 0 Å². The van der Waals surface area contributed by atoms with E-state index in [0.29, 0.717) is 0 Å². The molecule has 3 nitrogen and oxygen atoms in total. The van der Waals surface area contributed by atoms with Gasteiger partial charge in [0.15, 0.2) is 0 Å². The van der Waals surface area contributed by atoms with Gasteiger partial charge in [-0.25, -0.2) is 0 Å². The maximum absolute atomic E-state index is 4.33. The molecule has 0 fully saturated rings. The van der Waals surface area contributed by atoms with Crippen LogP contribution < -0.4 is 5.32 Å². The van der Waals surface area contributed by atoms with Crippen LogP contribution in [0.15, 0.2) is 9.98 Å². The molecule has 1 aliphatic heterocycles. The van der Waals surface area contributed by atoms with Crippen LogP contribution in [0, 0.1) is 0 Å². The summed E-state index contributed by atoms with van der Waals surface area (Å²) in [5.41, 5.74) is 1.09. The first kappa shape index (κ1) is 9.39. The number of nitrogens with one attached hydrogen (secondary N) is 1. The van der Waals surface area contributed by atoms with Crippen LogP contribution in [0.2, 0.25) is 0 Å². The Morgan fingerprint density at radius 3 is 3.08 bits per heavy atom. The predicted molar refractivity (Wildman–Crippen MR) is 53.4 cm³/mol. The highest BCUT2D eigenvalue weighted by Gasteiger charge is 1.97. The molecule has 0 saturated heterocycles. The molecular formula is C9H17N3. The maximum Gasteiger partial charge on any atom is 0.0665 e. The number of unbranched alkanes of at least 4 members (excludes halogenated alkanes) is 1. The molecule has 12 heavy (non-hydrogen) atoms. The van der Waals surface area contributed by atoms with Gasteiger partial charge in [0.05, 0.1) is 18.8 Å². The Balaban J connectivity index is 2.06. The van der Waals surface area contributed by atoms with Crippen molar-refractivity contribution in [2.75, 3.05) is 26.2 Å². The van der Waals surface area contributed by atoms with Crippen LogP contribution in [0.25, 0.3) is 0 Å². The van der Waals surface area contributed by atoms with Crippen molar-refractivity contribution in [3.8, 4) is 0 Å². The number of hydrogen-bond donors (Lipinski definition) is 1. The quantitative estimate of drug-likeness (QED) is 0.607. The average Bonchev–Trinajstić information content (AvgIpc) is 2.14. The van der Waals surface area contributed by atoms with Gasteiger partial charge in [-0.15, -0.1) is 0 Å². The molecule has 1 aliphatic rings. The number of rotatable bonds is 5. The zero-order valence-electron chi connectivity index (χ0n) is 7.71. The van der Waals surface area contributed by atoms with E-state index in [0.717, 1.165) is 31.9 Å². The first-order valence-electron chi connectivity index (χ1n) is 4.67. The van der Waals surface area contributed by atoms with Crippen molar-refractivity contribution in [3.05, 3.63) is 0 Å². The largest absolute Gasteiger partial charge is 0.311 e. The summed E-state index contributed by atoms with van der Waals surface area (Å²) in [6.07, 6.45) is 4.36. The van der Waals surface area contributed by atoms with Gasteiger partial charge in [0.2, 0.25) is 0 Å². The van der Waals surface area contributed by atoms with Crippen LogP contribution in [0.1, 0.15) is 19.8 Å². The first-order valence-corrected chi connectivity index (χ1v) is 4.67. The van der Waals surface area contributed by atoms with Crippen molar-refractivity contribution in [1.82, 2.24) is 5.32 Å². The molecule has 0 aromatic carbocycles. The first-order chi connectivity index (χ1) is 5.93. The summed E-state index contributed by atoms with van der Waals surface area (Å²) in [5, 5.41) is 3.33. The van der Waals surface area contributed by atoms with Crippen LogP contribution in [0.5, 0.6) is 0 Å². The summed E-state index contributed by atoms with van der Waals surface area (Å²) < 4.78 is 0. The summed E-state index contributed by atoms with van der Waals surface area (Å²) in [6, 6.07) is 0. The fraction of sp³-hybridized carbons (Fsp3) is 0.778. The third-order valence-electron chi connectivity index (χ3n) is 1.80.